The van der Waals surface area contributed by atoms with E-state index in [1.807, 2.05) is 20.0 Å². The smallest absolute Gasteiger partial charge is 0.183 e. The fraction of sp³-hybridized carbons (Fsp3) is 0.125. The molecule has 7 nitrogen and oxygen atoms in total. The van der Waals surface area contributed by atoms with Gasteiger partial charge in [0.1, 0.15) is 23.5 Å². The Morgan fingerprint density at radius 3 is 2.60 bits per heavy atom. The first-order valence-corrected chi connectivity index (χ1v) is 8.21. The van der Waals surface area contributed by atoms with Gasteiger partial charge in [-0.05, 0) is 19.1 Å². The van der Waals surface area contributed by atoms with E-state index in [2.05, 4.69) is 30.4 Å². The number of H-pyrrole nitrogens is 1. The van der Waals surface area contributed by atoms with E-state index in [1.165, 1.54) is 6.33 Å². The number of nitrogens with one attached hydrogen (secondary N) is 2. The van der Waals surface area contributed by atoms with Crippen LogP contribution in [0.1, 0.15) is 5.69 Å². The Balaban J connectivity index is 1.83. The van der Waals surface area contributed by atoms with Gasteiger partial charge < -0.3 is 10.3 Å². The predicted octanol–water partition coefficient (Wildman–Crippen LogP) is 4.11. The summed E-state index contributed by atoms with van der Waals surface area (Å²) in [6.45, 7) is 1.93. The van der Waals surface area contributed by atoms with E-state index in [1.54, 1.807) is 22.9 Å². The second-order valence-electron chi connectivity index (χ2n) is 5.52. The maximum Gasteiger partial charge on any atom is 0.183 e. The maximum atomic E-state index is 6.28. The molecule has 126 valence electrons. The second kappa shape index (κ2) is 6.02. The van der Waals surface area contributed by atoms with Gasteiger partial charge in [0.05, 0.1) is 21.3 Å². The van der Waals surface area contributed by atoms with Crippen molar-refractivity contribution in [3.63, 3.8) is 0 Å². The SMILES string of the molecule is Cc1cc(Nc2ncnc3nc(-c4c(Cl)cccc4Cl)[nH]c23)n(C)n1. The van der Waals surface area contributed by atoms with Gasteiger partial charge in [-0.3, -0.25) is 4.68 Å². The van der Waals surface area contributed by atoms with Crippen molar-refractivity contribution in [2.75, 3.05) is 5.32 Å². The highest BCUT2D eigenvalue weighted by Crippen LogP contribution is 2.34. The van der Waals surface area contributed by atoms with Crippen molar-refractivity contribution in [1.29, 1.82) is 0 Å². The molecule has 4 aromatic rings. The van der Waals surface area contributed by atoms with Gasteiger partial charge >= 0.3 is 0 Å². The fourth-order valence-corrected chi connectivity index (χ4v) is 3.19. The van der Waals surface area contributed by atoms with Crippen LogP contribution in [0.25, 0.3) is 22.6 Å². The third-order valence-corrected chi connectivity index (χ3v) is 4.37. The molecular weight excluding hydrogens is 361 g/mol. The molecule has 0 aliphatic heterocycles. The predicted molar refractivity (Wildman–Crippen MR) is 98.4 cm³/mol. The average Bonchev–Trinajstić information content (AvgIpc) is 3.11. The van der Waals surface area contributed by atoms with Gasteiger partial charge in [-0.1, -0.05) is 29.3 Å². The lowest BCUT2D eigenvalue weighted by molar-refractivity contribution is 0.764. The molecule has 3 aromatic heterocycles. The Labute approximate surface area is 153 Å². The number of hydrogen-bond donors (Lipinski definition) is 2. The van der Waals surface area contributed by atoms with E-state index in [-0.39, 0.29) is 0 Å². The van der Waals surface area contributed by atoms with Crippen LogP contribution in [0.4, 0.5) is 11.6 Å². The minimum atomic E-state index is 0.510. The Morgan fingerprint density at radius 2 is 1.92 bits per heavy atom. The van der Waals surface area contributed by atoms with Gasteiger partial charge in [0.2, 0.25) is 0 Å². The number of fused-ring (bicyclic) bond motifs is 1. The van der Waals surface area contributed by atoms with Crippen LogP contribution in [-0.4, -0.2) is 29.7 Å². The molecule has 9 heteroatoms. The summed E-state index contributed by atoms with van der Waals surface area (Å²) < 4.78 is 1.74. The number of rotatable bonds is 3. The summed E-state index contributed by atoms with van der Waals surface area (Å²) in [4.78, 5) is 16.2. The zero-order chi connectivity index (χ0) is 17.6. The van der Waals surface area contributed by atoms with Gasteiger partial charge in [0.25, 0.3) is 0 Å². The van der Waals surface area contributed by atoms with Gasteiger partial charge in [0, 0.05) is 13.1 Å². The first-order valence-electron chi connectivity index (χ1n) is 7.45. The van der Waals surface area contributed by atoms with Crippen molar-refractivity contribution in [1.82, 2.24) is 29.7 Å². The van der Waals surface area contributed by atoms with Crippen molar-refractivity contribution >= 4 is 46.0 Å². The molecule has 0 saturated heterocycles. The molecule has 1 aromatic carbocycles. The van der Waals surface area contributed by atoms with Gasteiger partial charge in [0.15, 0.2) is 11.5 Å². The normalized spacial score (nSPS) is 11.2. The molecule has 0 atom stereocenters. The largest absolute Gasteiger partial charge is 0.333 e. The number of aryl methyl sites for hydroxylation is 2. The minimum Gasteiger partial charge on any atom is -0.333 e. The molecule has 0 amide bonds. The molecule has 0 saturated carbocycles. The van der Waals surface area contributed by atoms with Crippen molar-refractivity contribution in [3.05, 3.63) is 46.3 Å². The molecular formula is C16H13Cl2N7. The Bertz CT molecular complexity index is 1060. The highest BCUT2D eigenvalue weighted by molar-refractivity contribution is 6.39. The van der Waals surface area contributed by atoms with E-state index in [0.717, 1.165) is 11.5 Å². The van der Waals surface area contributed by atoms with E-state index in [0.29, 0.717) is 38.4 Å². The number of hydrogen-bond acceptors (Lipinski definition) is 5. The number of anilines is 2. The van der Waals surface area contributed by atoms with Crippen LogP contribution in [0.3, 0.4) is 0 Å². The summed E-state index contributed by atoms with van der Waals surface area (Å²) in [6.07, 6.45) is 1.45. The van der Waals surface area contributed by atoms with E-state index < -0.39 is 0 Å². The van der Waals surface area contributed by atoms with Crippen LogP contribution in [0.5, 0.6) is 0 Å². The van der Waals surface area contributed by atoms with Crippen LogP contribution in [0.15, 0.2) is 30.6 Å². The first kappa shape index (κ1) is 15.9. The molecule has 0 aliphatic rings. The van der Waals surface area contributed by atoms with Crippen molar-refractivity contribution < 1.29 is 0 Å². The topological polar surface area (TPSA) is 84.3 Å². The van der Waals surface area contributed by atoms with Crippen LogP contribution in [0, 0.1) is 6.92 Å². The van der Waals surface area contributed by atoms with Gasteiger partial charge in [-0.25, -0.2) is 15.0 Å². The van der Waals surface area contributed by atoms with E-state index >= 15 is 0 Å². The van der Waals surface area contributed by atoms with Crippen molar-refractivity contribution in [2.45, 2.75) is 6.92 Å². The van der Waals surface area contributed by atoms with Crippen LogP contribution < -0.4 is 5.32 Å². The second-order valence-corrected chi connectivity index (χ2v) is 6.34. The highest BCUT2D eigenvalue weighted by atomic mass is 35.5. The molecule has 0 fully saturated rings. The summed E-state index contributed by atoms with van der Waals surface area (Å²) >= 11 is 12.6. The summed E-state index contributed by atoms with van der Waals surface area (Å²) in [5.74, 6) is 1.94. The standard InChI is InChI=1S/C16H13Cl2N7/c1-8-6-11(25(2)24-8)21-15-13-16(20-7-19-15)23-14(22-13)12-9(17)4-3-5-10(12)18/h3-7H,1-2H3,(H2,19,20,21,22,23). The van der Waals surface area contributed by atoms with Gasteiger partial charge in [-0.15, -0.1) is 0 Å². The number of benzene rings is 1. The molecule has 0 radical (unpaired) electrons. The van der Waals surface area contributed by atoms with E-state index in [4.69, 9.17) is 23.2 Å². The molecule has 25 heavy (non-hydrogen) atoms. The number of nitrogens with zero attached hydrogens (tertiary/aromatic N) is 5. The molecule has 0 spiro atoms. The van der Waals surface area contributed by atoms with Crippen molar-refractivity contribution in [2.24, 2.45) is 7.05 Å². The highest BCUT2D eigenvalue weighted by Gasteiger charge is 2.16. The fourth-order valence-electron chi connectivity index (χ4n) is 2.61. The van der Waals surface area contributed by atoms with E-state index in [9.17, 15) is 0 Å². The van der Waals surface area contributed by atoms with Crippen LogP contribution >= 0.6 is 23.2 Å². The molecule has 0 aliphatic carbocycles. The minimum absolute atomic E-state index is 0.510. The lowest BCUT2D eigenvalue weighted by atomic mass is 10.2. The molecule has 0 bridgehead atoms. The summed E-state index contributed by atoms with van der Waals surface area (Å²) in [5.41, 5.74) is 2.71. The molecule has 0 unspecified atom stereocenters. The maximum absolute atomic E-state index is 6.28. The monoisotopic (exact) mass is 373 g/mol. The van der Waals surface area contributed by atoms with Crippen molar-refractivity contribution in [3.8, 4) is 11.4 Å². The van der Waals surface area contributed by atoms with Crippen LogP contribution in [-0.2, 0) is 7.05 Å². The lowest BCUT2D eigenvalue weighted by Crippen LogP contribution is -2.01. The molecule has 2 N–H and O–H groups in total. The summed E-state index contributed by atoms with van der Waals surface area (Å²) in [6, 6.07) is 7.24. The average molecular weight is 374 g/mol. The zero-order valence-electron chi connectivity index (χ0n) is 13.4. The van der Waals surface area contributed by atoms with Gasteiger partial charge in [-0.2, -0.15) is 5.10 Å². The zero-order valence-corrected chi connectivity index (χ0v) is 14.9. The summed E-state index contributed by atoms with van der Waals surface area (Å²) in [7, 11) is 1.86. The lowest BCUT2D eigenvalue weighted by Gasteiger charge is -2.05. The Hall–Kier alpha value is -2.64. The number of imidazole rings is 1. The molecule has 4 rings (SSSR count). The number of aromatic nitrogens is 6. The number of halogens is 2. The molecule has 3 heterocycles. The number of aromatic amines is 1. The Kier molecular flexibility index (Phi) is 3.82. The quantitative estimate of drug-likeness (QED) is 0.564. The first-order chi connectivity index (χ1) is 12.0. The Morgan fingerprint density at radius 1 is 1.16 bits per heavy atom. The van der Waals surface area contributed by atoms with Crippen LogP contribution in [0.2, 0.25) is 10.0 Å². The summed E-state index contributed by atoms with van der Waals surface area (Å²) in [5, 5.41) is 8.58. The third-order valence-electron chi connectivity index (χ3n) is 3.74. The third kappa shape index (κ3) is 2.81.